The van der Waals surface area contributed by atoms with Crippen molar-refractivity contribution in [2.45, 2.75) is 13.0 Å². The molecule has 0 radical (unpaired) electrons. The predicted octanol–water partition coefficient (Wildman–Crippen LogP) is 2.84. The third-order valence-corrected chi connectivity index (χ3v) is 4.70. The largest absolute Gasteiger partial charge is 0.354 e. The van der Waals surface area contributed by atoms with Crippen LogP contribution in [-0.4, -0.2) is 36.8 Å². The van der Waals surface area contributed by atoms with Gasteiger partial charge in [-0.3, -0.25) is 14.5 Å². The number of amides is 1. The fourth-order valence-corrected chi connectivity index (χ4v) is 3.20. The van der Waals surface area contributed by atoms with E-state index < -0.39 is 0 Å². The molecule has 0 saturated carbocycles. The van der Waals surface area contributed by atoms with Crippen LogP contribution in [0.3, 0.4) is 0 Å². The van der Waals surface area contributed by atoms with Gasteiger partial charge in [0.2, 0.25) is 5.91 Å². The van der Waals surface area contributed by atoms with Gasteiger partial charge in [0.15, 0.2) is 5.82 Å². The molecule has 7 nitrogen and oxygen atoms in total. The van der Waals surface area contributed by atoms with Gasteiger partial charge in [-0.1, -0.05) is 18.2 Å². The third-order valence-electron chi connectivity index (χ3n) is 4.70. The first-order valence-corrected chi connectivity index (χ1v) is 9.57. The SMILES string of the molecule is Cn1ccnc1-c1nn(CCNC(=O)Cc2cccnc2)cc1-c1ccc(F)cc1. The molecule has 0 aliphatic carbocycles. The van der Waals surface area contributed by atoms with Gasteiger partial charge in [-0.2, -0.15) is 5.10 Å². The van der Waals surface area contributed by atoms with Crippen molar-refractivity contribution >= 4 is 5.91 Å². The first-order chi connectivity index (χ1) is 14.6. The van der Waals surface area contributed by atoms with Gasteiger partial charge in [0.25, 0.3) is 0 Å². The number of halogens is 1. The molecule has 3 aromatic heterocycles. The van der Waals surface area contributed by atoms with Crippen molar-refractivity contribution in [2.24, 2.45) is 7.05 Å². The number of nitrogens with one attached hydrogen (secondary N) is 1. The third kappa shape index (κ3) is 4.43. The smallest absolute Gasteiger partial charge is 0.224 e. The Kier molecular flexibility index (Phi) is 5.65. The van der Waals surface area contributed by atoms with Crippen LogP contribution in [0.5, 0.6) is 0 Å². The van der Waals surface area contributed by atoms with Gasteiger partial charge in [0.05, 0.1) is 13.0 Å². The van der Waals surface area contributed by atoms with Crippen molar-refractivity contribution < 1.29 is 9.18 Å². The van der Waals surface area contributed by atoms with Gasteiger partial charge < -0.3 is 9.88 Å². The highest BCUT2D eigenvalue weighted by atomic mass is 19.1. The Hall–Kier alpha value is -3.81. The number of imidazole rings is 1. The predicted molar refractivity (Wildman–Crippen MR) is 111 cm³/mol. The van der Waals surface area contributed by atoms with Crippen molar-refractivity contribution in [3.05, 3.63) is 78.8 Å². The molecule has 0 saturated heterocycles. The Morgan fingerprint density at radius 2 is 2.00 bits per heavy atom. The van der Waals surface area contributed by atoms with Gasteiger partial charge in [-0.05, 0) is 29.3 Å². The van der Waals surface area contributed by atoms with Crippen molar-refractivity contribution in [2.75, 3.05) is 6.54 Å². The topological polar surface area (TPSA) is 77.6 Å². The molecule has 152 valence electrons. The summed E-state index contributed by atoms with van der Waals surface area (Å²) >= 11 is 0. The number of benzene rings is 1. The van der Waals surface area contributed by atoms with Crippen molar-refractivity contribution in [3.63, 3.8) is 0 Å². The maximum absolute atomic E-state index is 13.4. The number of carbonyl (C=O) groups excluding carboxylic acids is 1. The zero-order valence-corrected chi connectivity index (χ0v) is 16.5. The molecule has 1 N–H and O–H groups in total. The van der Waals surface area contributed by atoms with Gasteiger partial charge in [-0.25, -0.2) is 9.37 Å². The Morgan fingerprint density at radius 1 is 1.17 bits per heavy atom. The molecule has 0 aliphatic heterocycles. The summed E-state index contributed by atoms with van der Waals surface area (Å²) in [4.78, 5) is 20.6. The lowest BCUT2D eigenvalue weighted by Crippen LogP contribution is -2.28. The minimum absolute atomic E-state index is 0.0711. The monoisotopic (exact) mass is 404 g/mol. The minimum Gasteiger partial charge on any atom is -0.354 e. The van der Waals surface area contributed by atoms with Crippen LogP contribution in [-0.2, 0) is 24.8 Å². The molecule has 0 fully saturated rings. The molecular weight excluding hydrogens is 383 g/mol. The molecule has 3 heterocycles. The van der Waals surface area contributed by atoms with Crippen molar-refractivity contribution in [3.8, 4) is 22.6 Å². The van der Waals surface area contributed by atoms with Crippen LogP contribution in [0, 0.1) is 5.82 Å². The fraction of sp³-hybridized carbons (Fsp3) is 0.182. The molecule has 0 bridgehead atoms. The van der Waals surface area contributed by atoms with Gasteiger partial charge in [-0.15, -0.1) is 0 Å². The summed E-state index contributed by atoms with van der Waals surface area (Å²) in [6.45, 7) is 0.932. The van der Waals surface area contributed by atoms with Crippen LogP contribution < -0.4 is 5.32 Å². The van der Waals surface area contributed by atoms with E-state index in [9.17, 15) is 9.18 Å². The highest BCUT2D eigenvalue weighted by Gasteiger charge is 2.16. The lowest BCUT2D eigenvalue weighted by atomic mass is 10.1. The van der Waals surface area contributed by atoms with Gasteiger partial charge >= 0.3 is 0 Å². The van der Waals surface area contributed by atoms with Crippen LogP contribution >= 0.6 is 0 Å². The zero-order chi connectivity index (χ0) is 20.9. The molecule has 4 rings (SSSR count). The molecule has 1 aromatic carbocycles. The second-order valence-electron chi connectivity index (χ2n) is 6.91. The molecule has 30 heavy (non-hydrogen) atoms. The van der Waals surface area contributed by atoms with Crippen LogP contribution in [0.25, 0.3) is 22.6 Å². The molecule has 1 amide bonds. The van der Waals surface area contributed by atoms with Crippen LogP contribution in [0.1, 0.15) is 5.56 Å². The first kappa shape index (κ1) is 19.5. The minimum atomic E-state index is -0.291. The van der Waals surface area contributed by atoms with E-state index in [1.54, 1.807) is 35.4 Å². The number of aryl methyl sites for hydroxylation is 1. The summed E-state index contributed by atoms with van der Waals surface area (Å²) < 4.78 is 17.0. The number of carbonyl (C=O) groups is 1. The average molecular weight is 404 g/mol. The maximum atomic E-state index is 13.4. The maximum Gasteiger partial charge on any atom is 0.224 e. The molecule has 0 atom stereocenters. The molecular formula is C22H21FN6O. The van der Waals surface area contributed by atoms with E-state index >= 15 is 0 Å². The lowest BCUT2D eigenvalue weighted by molar-refractivity contribution is -0.120. The van der Waals surface area contributed by atoms with E-state index in [1.807, 2.05) is 36.1 Å². The quantitative estimate of drug-likeness (QED) is 0.514. The standard InChI is InChI=1S/C22H21FN6O/c1-28-11-9-26-22(28)21-19(17-4-6-18(23)7-5-17)15-29(27-21)12-10-25-20(30)13-16-3-2-8-24-14-16/h2-9,11,14-15H,10,12-13H2,1H3,(H,25,30). The van der Waals surface area contributed by atoms with Crippen molar-refractivity contribution in [1.29, 1.82) is 0 Å². The highest BCUT2D eigenvalue weighted by Crippen LogP contribution is 2.30. The summed E-state index contributed by atoms with van der Waals surface area (Å²) in [7, 11) is 1.90. The first-order valence-electron chi connectivity index (χ1n) is 9.57. The number of nitrogens with zero attached hydrogens (tertiary/aromatic N) is 5. The second kappa shape index (κ2) is 8.69. The molecule has 0 aliphatic rings. The summed E-state index contributed by atoms with van der Waals surface area (Å²) in [5, 5.41) is 7.58. The molecule has 4 aromatic rings. The lowest BCUT2D eigenvalue weighted by Gasteiger charge is -2.05. The number of aromatic nitrogens is 5. The Balaban J connectivity index is 1.49. The molecule has 8 heteroatoms. The summed E-state index contributed by atoms with van der Waals surface area (Å²) in [5.41, 5.74) is 3.27. The summed E-state index contributed by atoms with van der Waals surface area (Å²) in [6.07, 6.45) is 9.10. The van der Waals surface area contributed by atoms with E-state index in [4.69, 9.17) is 0 Å². The number of pyridine rings is 1. The Labute approximate surface area is 173 Å². The number of hydrogen-bond acceptors (Lipinski definition) is 4. The average Bonchev–Trinajstić information content (AvgIpc) is 3.35. The zero-order valence-electron chi connectivity index (χ0n) is 16.5. The number of rotatable bonds is 7. The van der Waals surface area contributed by atoms with Crippen LogP contribution in [0.4, 0.5) is 4.39 Å². The summed E-state index contributed by atoms with van der Waals surface area (Å²) in [6, 6.07) is 9.97. The summed E-state index contributed by atoms with van der Waals surface area (Å²) in [5.74, 6) is 0.355. The van der Waals surface area contributed by atoms with Gasteiger partial charge in [0.1, 0.15) is 11.5 Å². The highest BCUT2D eigenvalue weighted by molar-refractivity contribution is 5.78. The fourth-order valence-electron chi connectivity index (χ4n) is 3.20. The van der Waals surface area contributed by atoms with Crippen LogP contribution in [0.15, 0.2) is 67.4 Å². The van der Waals surface area contributed by atoms with Gasteiger partial charge in [0, 0.05) is 50.1 Å². The van der Waals surface area contributed by atoms with E-state index in [1.165, 1.54) is 12.1 Å². The number of hydrogen-bond donors (Lipinski definition) is 1. The van der Waals surface area contributed by atoms with E-state index in [-0.39, 0.29) is 18.1 Å². The molecule has 0 unspecified atom stereocenters. The molecule has 0 spiro atoms. The normalized spacial score (nSPS) is 10.9. The van der Waals surface area contributed by atoms with Crippen LogP contribution in [0.2, 0.25) is 0 Å². The van der Waals surface area contributed by atoms with E-state index in [0.29, 0.717) is 24.6 Å². The Bertz CT molecular complexity index is 1130. The van der Waals surface area contributed by atoms with E-state index in [0.717, 1.165) is 16.7 Å². The Morgan fingerprint density at radius 3 is 2.70 bits per heavy atom. The van der Waals surface area contributed by atoms with Crippen molar-refractivity contribution in [1.82, 2.24) is 29.6 Å². The second-order valence-corrected chi connectivity index (χ2v) is 6.91. The van der Waals surface area contributed by atoms with E-state index in [2.05, 4.69) is 20.4 Å².